The van der Waals surface area contributed by atoms with E-state index in [1.807, 2.05) is 0 Å². The fourth-order valence-corrected chi connectivity index (χ4v) is 1.72. The van der Waals surface area contributed by atoms with Crippen molar-refractivity contribution in [3.8, 4) is 0 Å². The minimum atomic E-state index is 0.386. The van der Waals surface area contributed by atoms with Gasteiger partial charge in [-0.25, -0.2) is 15.0 Å². The van der Waals surface area contributed by atoms with Gasteiger partial charge >= 0.3 is 0 Å². The Balaban J connectivity index is 1.93. The van der Waals surface area contributed by atoms with Gasteiger partial charge in [0.15, 0.2) is 11.5 Å². The largest absolute Gasteiger partial charge is 0.368 e. The Morgan fingerprint density at radius 3 is 2.82 bits per heavy atom. The summed E-state index contributed by atoms with van der Waals surface area (Å²) in [6, 6.07) is 0. The number of nitrogens with one attached hydrogen (secondary N) is 2. The van der Waals surface area contributed by atoms with Crippen molar-refractivity contribution in [1.82, 2.24) is 19.9 Å². The van der Waals surface area contributed by atoms with Crippen molar-refractivity contribution in [2.75, 3.05) is 11.9 Å². The highest BCUT2D eigenvalue weighted by atomic mass is 15.1. The van der Waals surface area contributed by atoms with Crippen molar-refractivity contribution in [3.63, 3.8) is 0 Å². The topological polar surface area (TPSA) is 66.5 Å². The van der Waals surface area contributed by atoms with E-state index in [0.29, 0.717) is 11.1 Å². The summed E-state index contributed by atoms with van der Waals surface area (Å²) in [5.74, 6) is 0.835. The van der Waals surface area contributed by atoms with Crippen LogP contribution < -0.4 is 5.32 Å². The number of anilines is 1. The number of aromatic nitrogens is 4. The van der Waals surface area contributed by atoms with E-state index in [-0.39, 0.29) is 0 Å². The molecule has 2 rings (SSSR count). The van der Waals surface area contributed by atoms with Crippen molar-refractivity contribution in [2.24, 2.45) is 5.41 Å². The van der Waals surface area contributed by atoms with Gasteiger partial charge in [-0.3, -0.25) is 0 Å². The molecule has 0 aliphatic rings. The molecule has 2 aromatic heterocycles. The fraction of sp³-hybridized carbons (Fsp3) is 0.583. The molecule has 2 heterocycles. The Hall–Kier alpha value is -1.65. The summed E-state index contributed by atoms with van der Waals surface area (Å²) in [5, 5.41) is 3.32. The van der Waals surface area contributed by atoms with Gasteiger partial charge in [-0.15, -0.1) is 0 Å². The molecule has 0 spiro atoms. The van der Waals surface area contributed by atoms with Crippen molar-refractivity contribution in [3.05, 3.63) is 12.7 Å². The van der Waals surface area contributed by atoms with Crippen molar-refractivity contribution < 1.29 is 0 Å². The smallest absolute Gasteiger partial charge is 0.182 e. The maximum absolute atomic E-state index is 4.22. The quantitative estimate of drug-likeness (QED) is 0.796. The molecule has 0 saturated carbocycles. The molecule has 0 amide bonds. The molecule has 0 fully saturated rings. The number of fused-ring (bicyclic) bond motifs is 1. The van der Waals surface area contributed by atoms with Crippen LogP contribution in [-0.2, 0) is 0 Å². The summed E-state index contributed by atoms with van der Waals surface area (Å²) in [6.07, 6.45) is 5.50. The predicted octanol–water partition coefficient (Wildman–Crippen LogP) is 2.59. The summed E-state index contributed by atoms with van der Waals surface area (Å²) in [6.45, 7) is 7.68. The molecule has 0 saturated heterocycles. The van der Waals surface area contributed by atoms with E-state index in [1.54, 1.807) is 6.33 Å². The Labute approximate surface area is 101 Å². The van der Waals surface area contributed by atoms with Crippen LogP contribution in [0.1, 0.15) is 33.6 Å². The third-order valence-corrected chi connectivity index (χ3v) is 2.62. The zero-order valence-corrected chi connectivity index (χ0v) is 10.6. The van der Waals surface area contributed by atoms with E-state index in [4.69, 9.17) is 0 Å². The van der Waals surface area contributed by atoms with Crippen molar-refractivity contribution >= 4 is 17.0 Å². The van der Waals surface area contributed by atoms with Gasteiger partial charge in [0, 0.05) is 6.54 Å². The Bertz CT molecular complexity index is 483. The average Bonchev–Trinajstić information content (AvgIpc) is 2.71. The highest BCUT2D eigenvalue weighted by molar-refractivity contribution is 5.81. The van der Waals surface area contributed by atoms with E-state index < -0.39 is 0 Å². The minimum absolute atomic E-state index is 0.386. The molecule has 0 aromatic carbocycles. The number of hydrogen-bond acceptors (Lipinski definition) is 4. The SMILES string of the molecule is CC(C)(C)CCCNc1ncnc2nc[nH]c12. The number of H-pyrrole nitrogens is 1. The Kier molecular flexibility index (Phi) is 3.26. The van der Waals surface area contributed by atoms with Gasteiger partial charge in [-0.2, -0.15) is 0 Å². The first-order valence-electron chi connectivity index (χ1n) is 5.94. The predicted molar refractivity (Wildman–Crippen MR) is 68.9 cm³/mol. The molecule has 0 radical (unpaired) electrons. The molecular weight excluding hydrogens is 214 g/mol. The van der Waals surface area contributed by atoms with Crippen LogP contribution in [0.15, 0.2) is 12.7 Å². The molecule has 0 aliphatic carbocycles. The van der Waals surface area contributed by atoms with E-state index in [2.05, 4.69) is 46.0 Å². The molecule has 5 heteroatoms. The first-order valence-corrected chi connectivity index (χ1v) is 5.94. The van der Waals surface area contributed by atoms with Crippen LogP contribution >= 0.6 is 0 Å². The summed E-state index contributed by atoms with van der Waals surface area (Å²) in [7, 11) is 0. The maximum Gasteiger partial charge on any atom is 0.182 e. The average molecular weight is 233 g/mol. The van der Waals surface area contributed by atoms with E-state index in [9.17, 15) is 0 Å². The molecule has 92 valence electrons. The zero-order chi connectivity index (χ0) is 12.3. The van der Waals surface area contributed by atoms with Gasteiger partial charge in [0.1, 0.15) is 11.8 Å². The van der Waals surface area contributed by atoms with E-state index in [1.165, 1.54) is 12.7 Å². The Morgan fingerprint density at radius 2 is 2.06 bits per heavy atom. The van der Waals surface area contributed by atoms with Crippen LogP contribution in [0, 0.1) is 5.41 Å². The summed E-state index contributed by atoms with van der Waals surface area (Å²) in [4.78, 5) is 15.4. The molecule has 2 aromatic rings. The summed E-state index contributed by atoms with van der Waals surface area (Å²) >= 11 is 0. The summed E-state index contributed by atoms with van der Waals surface area (Å²) < 4.78 is 0. The standard InChI is InChI=1S/C12H19N5/c1-12(2,3)5-4-6-13-10-9-11(15-7-14-9)17-8-16-10/h7-8H,4-6H2,1-3H3,(H2,13,14,15,16,17). The monoisotopic (exact) mass is 233 g/mol. The van der Waals surface area contributed by atoms with Gasteiger partial charge in [0.2, 0.25) is 0 Å². The minimum Gasteiger partial charge on any atom is -0.368 e. The number of imidazole rings is 1. The van der Waals surface area contributed by atoms with Crippen LogP contribution in [0.2, 0.25) is 0 Å². The maximum atomic E-state index is 4.22. The van der Waals surface area contributed by atoms with Crippen molar-refractivity contribution in [2.45, 2.75) is 33.6 Å². The molecule has 0 bridgehead atoms. The molecule has 0 atom stereocenters. The van der Waals surface area contributed by atoms with Crippen LogP contribution in [0.5, 0.6) is 0 Å². The van der Waals surface area contributed by atoms with Gasteiger partial charge < -0.3 is 10.3 Å². The number of nitrogens with zero attached hydrogens (tertiary/aromatic N) is 3. The first-order chi connectivity index (χ1) is 8.06. The second-order valence-corrected chi connectivity index (χ2v) is 5.41. The fourth-order valence-electron chi connectivity index (χ4n) is 1.72. The molecule has 0 unspecified atom stereocenters. The van der Waals surface area contributed by atoms with Crippen molar-refractivity contribution in [1.29, 1.82) is 0 Å². The lowest BCUT2D eigenvalue weighted by Crippen LogP contribution is -2.10. The molecule has 17 heavy (non-hydrogen) atoms. The van der Waals surface area contributed by atoms with Crippen LogP contribution in [0.25, 0.3) is 11.2 Å². The molecule has 0 aliphatic heterocycles. The second kappa shape index (κ2) is 4.69. The zero-order valence-electron chi connectivity index (χ0n) is 10.6. The number of rotatable bonds is 4. The van der Waals surface area contributed by atoms with E-state index in [0.717, 1.165) is 24.3 Å². The molecular formula is C12H19N5. The lowest BCUT2D eigenvalue weighted by molar-refractivity contribution is 0.370. The van der Waals surface area contributed by atoms with Gasteiger partial charge in [0.25, 0.3) is 0 Å². The second-order valence-electron chi connectivity index (χ2n) is 5.41. The highest BCUT2D eigenvalue weighted by Crippen LogP contribution is 2.21. The normalized spacial score (nSPS) is 11.9. The molecule has 5 nitrogen and oxygen atoms in total. The van der Waals surface area contributed by atoms with Gasteiger partial charge in [0.05, 0.1) is 6.33 Å². The highest BCUT2D eigenvalue weighted by Gasteiger charge is 2.09. The van der Waals surface area contributed by atoms with Crippen LogP contribution in [-0.4, -0.2) is 26.5 Å². The van der Waals surface area contributed by atoms with Crippen LogP contribution in [0.4, 0.5) is 5.82 Å². The Morgan fingerprint density at radius 1 is 1.24 bits per heavy atom. The van der Waals surface area contributed by atoms with Gasteiger partial charge in [-0.1, -0.05) is 20.8 Å². The molecule has 2 N–H and O–H groups in total. The number of hydrogen-bond donors (Lipinski definition) is 2. The third-order valence-electron chi connectivity index (χ3n) is 2.62. The summed E-state index contributed by atoms with van der Waals surface area (Å²) in [5.41, 5.74) is 1.97. The lowest BCUT2D eigenvalue weighted by Gasteiger charge is -2.17. The third kappa shape index (κ3) is 3.15. The lowest BCUT2D eigenvalue weighted by atomic mass is 9.91. The van der Waals surface area contributed by atoms with Gasteiger partial charge in [-0.05, 0) is 18.3 Å². The number of aromatic amines is 1. The first kappa shape index (κ1) is 11.8. The van der Waals surface area contributed by atoms with E-state index >= 15 is 0 Å². The van der Waals surface area contributed by atoms with Crippen LogP contribution in [0.3, 0.4) is 0 Å².